The molecule has 2 nitrogen and oxygen atoms in total. The number of rotatable bonds is 5. The number of hydrogen-bond acceptors (Lipinski definition) is 2. The van der Waals surface area contributed by atoms with Crippen molar-refractivity contribution in [2.75, 3.05) is 6.61 Å². The first-order valence-electron chi connectivity index (χ1n) is 9.47. The Morgan fingerprint density at radius 2 is 1.73 bits per heavy atom. The first kappa shape index (κ1) is 18.3. The Bertz CT molecular complexity index is 374. The van der Waals surface area contributed by atoms with Crippen molar-refractivity contribution in [1.82, 2.24) is 0 Å². The van der Waals surface area contributed by atoms with Gasteiger partial charge in [-0.1, -0.05) is 40.5 Å². The lowest BCUT2D eigenvalue weighted by Crippen LogP contribution is -2.57. The molecule has 2 heteroatoms. The average Bonchev–Trinajstić information content (AvgIpc) is 2.36. The summed E-state index contributed by atoms with van der Waals surface area (Å²) in [5.41, 5.74) is 0.179. The van der Waals surface area contributed by atoms with Crippen LogP contribution in [0.25, 0.3) is 0 Å². The molecule has 0 bridgehead atoms. The van der Waals surface area contributed by atoms with Crippen LogP contribution in [0, 0.1) is 28.6 Å². The van der Waals surface area contributed by atoms with Gasteiger partial charge in [-0.25, -0.2) is 0 Å². The van der Waals surface area contributed by atoms with Crippen molar-refractivity contribution < 1.29 is 10.2 Å². The van der Waals surface area contributed by atoms with Crippen LogP contribution in [-0.4, -0.2) is 22.4 Å². The highest BCUT2D eigenvalue weighted by atomic mass is 16.3. The Labute approximate surface area is 137 Å². The molecule has 0 heterocycles. The van der Waals surface area contributed by atoms with E-state index in [4.69, 9.17) is 5.11 Å². The second-order valence-electron chi connectivity index (χ2n) is 9.54. The van der Waals surface area contributed by atoms with E-state index in [-0.39, 0.29) is 12.0 Å². The van der Waals surface area contributed by atoms with Gasteiger partial charge in [0.05, 0.1) is 5.60 Å². The van der Waals surface area contributed by atoms with Gasteiger partial charge in [-0.05, 0) is 74.0 Å². The van der Waals surface area contributed by atoms with Gasteiger partial charge < -0.3 is 10.2 Å². The van der Waals surface area contributed by atoms with E-state index >= 15 is 0 Å². The van der Waals surface area contributed by atoms with Crippen LogP contribution < -0.4 is 0 Å². The smallest absolute Gasteiger partial charge is 0.0653 e. The highest BCUT2D eigenvalue weighted by molar-refractivity contribution is 5.07. The molecule has 2 aliphatic carbocycles. The molecule has 0 amide bonds. The minimum atomic E-state index is -0.516. The van der Waals surface area contributed by atoms with Crippen molar-refractivity contribution >= 4 is 0 Å². The van der Waals surface area contributed by atoms with E-state index in [2.05, 4.69) is 34.6 Å². The Balaban J connectivity index is 2.19. The van der Waals surface area contributed by atoms with Gasteiger partial charge in [0, 0.05) is 6.61 Å². The third-order valence-electron chi connectivity index (χ3n) is 7.33. The van der Waals surface area contributed by atoms with Gasteiger partial charge >= 0.3 is 0 Å². The quantitative estimate of drug-likeness (QED) is 0.767. The largest absolute Gasteiger partial charge is 0.396 e. The molecule has 0 aromatic heterocycles. The maximum absolute atomic E-state index is 11.1. The molecule has 0 spiro atoms. The SMILES string of the molecule is CC(CCO)CCC1[C@@]2(C)CCCC(C)(C)C2CC[C@@]1(C)O. The summed E-state index contributed by atoms with van der Waals surface area (Å²) in [4.78, 5) is 0. The van der Waals surface area contributed by atoms with Gasteiger partial charge in [0.2, 0.25) is 0 Å². The zero-order valence-corrected chi connectivity index (χ0v) is 15.5. The van der Waals surface area contributed by atoms with Crippen molar-refractivity contribution in [1.29, 1.82) is 0 Å². The van der Waals surface area contributed by atoms with E-state index in [9.17, 15) is 5.11 Å². The fourth-order valence-electron chi connectivity index (χ4n) is 6.08. The molecule has 2 rings (SSSR count). The summed E-state index contributed by atoms with van der Waals surface area (Å²) in [5.74, 6) is 1.70. The molecule has 0 aromatic carbocycles. The lowest BCUT2D eigenvalue weighted by molar-refractivity contribution is -0.170. The highest BCUT2D eigenvalue weighted by Gasteiger charge is 2.57. The van der Waals surface area contributed by atoms with Crippen molar-refractivity contribution in [2.24, 2.45) is 28.6 Å². The van der Waals surface area contributed by atoms with Crippen LogP contribution in [0.1, 0.15) is 86.0 Å². The Morgan fingerprint density at radius 3 is 2.36 bits per heavy atom. The fourth-order valence-corrected chi connectivity index (χ4v) is 6.08. The molecule has 3 unspecified atom stereocenters. The van der Waals surface area contributed by atoms with Crippen LogP contribution in [0.2, 0.25) is 0 Å². The lowest BCUT2D eigenvalue weighted by atomic mass is 9.45. The van der Waals surface area contributed by atoms with Gasteiger partial charge in [0.25, 0.3) is 0 Å². The Morgan fingerprint density at radius 1 is 1.05 bits per heavy atom. The van der Waals surface area contributed by atoms with Crippen LogP contribution in [-0.2, 0) is 0 Å². The summed E-state index contributed by atoms with van der Waals surface area (Å²) in [6.07, 6.45) is 9.18. The zero-order valence-electron chi connectivity index (χ0n) is 15.5. The number of aliphatic hydroxyl groups excluding tert-OH is 1. The van der Waals surface area contributed by atoms with Gasteiger partial charge in [-0.3, -0.25) is 0 Å². The molecule has 0 aliphatic heterocycles. The summed E-state index contributed by atoms with van der Waals surface area (Å²) in [5, 5.41) is 20.2. The zero-order chi connectivity index (χ0) is 16.6. The molecule has 2 aliphatic rings. The first-order chi connectivity index (χ1) is 10.1. The minimum absolute atomic E-state index is 0.280. The standard InChI is InChI=1S/C20H38O2/c1-15(10-14-21)7-8-17-19(4)12-6-11-18(2,3)16(19)9-13-20(17,5)22/h15-17,21-22H,6-14H2,1-5H3/t15?,16?,17?,19-,20+/m0/s1. The van der Waals surface area contributed by atoms with Gasteiger partial charge in [-0.2, -0.15) is 0 Å². The predicted octanol–water partition coefficient (Wildman–Crippen LogP) is 4.78. The molecular weight excluding hydrogens is 272 g/mol. The first-order valence-corrected chi connectivity index (χ1v) is 9.47. The summed E-state index contributed by atoms with van der Waals surface area (Å²) < 4.78 is 0. The molecule has 130 valence electrons. The monoisotopic (exact) mass is 310 g/mol. The van der Waals surface area contributed by atoms with Crippen LogP contribution in [0.4, 0.5) is 0 Å². The van der Waals surface area contributed by atoms with Gasteiger partial charge in [-0.15, -0.1) is 0 Å². The van der Waals surface area contributed by atoms with Crippen LogP contribution in [0.3, 0.4) is 0 Å². The van der Waals surface area contributed by atoms with E-state index in [0.29, 0.717) is 17.3 Å². The highest BCUT2D eigenvalue weighted by Crippen LogP contribution is 2.63. The van der Waals surface area contributed by atoms with Crippen molar-refractivity contribution in [3.63, 3.8) is 0 Å². The van der Waals surface area contributed by atoms with Crippen molar-refractivity contribution in [3.05, 3.63) is 0 Å². The lowest BCUT2D eigenvalue weighted by Gasteiger charge is -2.61. The van der Waals surface area contributed by atoms with E-state index in [1.54, 1.807) is 0 Å². The molecule has 2 saturated carbocycles. The van der Waals surface area contributed by atoms with E-state index in [0.717, 1.165) is 31.6 Å². The molecule has 0 aromatic rings. The molecular formula is C20H38O2. The van der Waals surface area contributed by atoms with Crippen LogP contribution >= 0.6 is 0 Å². The molecule has 5 atom stereocenters. The van der Waals surface area contributed by atoms with Crippen molar-refractivity contribution in [3.8, 4) is 0 Å². The number of aliphatic hydroxyl groups is 2. The second kappa shape index (κ2) is 6.43. The summed E-state index contributed by atoms with van der Waals surface area (Å²) in [6.45, 7) is 12.0. The van der Waals surface area contributed by atoms with Gasteiger partial charge in [0.1, 0.15) is 0 Å². The second-order valence-corrected chi connectivity index (χ2v) is 9.54. The minimum Gasteiger partial charge on any atom is -0.396 e. The van der Waals surface area contributed by atoms with E-state index in [1.165, 1.54) is 25.7 Å². The molecule has 2 N–H and O–H groups in total. The summed E-state index contributed by atoms with van der Waals surface area (Å²) in [7, 11) is 0. The Kier molecular flexibility index (Phi) is 5.34. The predicted molar refractivity (Wildman–Crippen MR) is 92.7 cm³/mol. The average molecular weight is 311 g/mol. The normalized spacial score (nSPS) is 42.7. The van der Waals surface area contributed by atoms with E-state index in [1.807, 2.05) is 0 Å². The van der Waals surface area contributed by atoms with Crippen molar-refractivity contribution in [2.45, 2.75) is 91.6 Å². The Hall–Kier alpha value is -0.0800. The summed E-state index contributed by atoms with van der Waals surface area (Å²) in [6, 6.07) is 0. The van der Waals surface area contributed by atoms with Crippen LogP contribution in [0.5, 0.6) is 0 Å². The number of fused-ring (bicyclic) bond motifs is 1. The topological polar surface area (TPSA) is 40.5 Å². The van der Waals surface area contributed by atoms with Gasteiger partial charge in [0.15, 0.2) is 0 Å². The van der Waals surface area contributed by atoms with E-state index < -0.39 is 5.60 Å². The molecule has 22 heavy (non-hydrogen) atoms. The third-order valence-corrected chi connectivity index (χ3v) is 7.33. The number of hydrogen-bond donors (Lipinski definition) is 2. The maximum atomic E-state index is 11.1. The fraction of sp³-hybridized carbons (Fsp3) is 1.00. The van der Waals surface area contributed by atoms with Crippen LogP contribution in [0.15, 0.2) is 0 Å². The molecule has 0 radical (unpaired) electrons. The molecule has 0 saturated heterocycles. The maximum Gasteiger partial charge on any atom is 0.0653 e. The summed E-state index contributed by atoms with van der Waals surface area (Å²) >= 11 is 0. The third kappa shape index (κ3) is 3.38. The molecule has 2 fully saturated rings.